The van der Waals surface area contributed by atoms with E-state index in [2.05, 4.69) is 17.9 Å². The molecule has 0 spiro atoms. The van der Waals surface area contributed by atoms with Crippen LogP contribution >= 0.6 is 12.6 Å². The molecule has 0 bridgehead atoms. The van der Waals surface area contributed by atoms with Crippen molar-refractivity contribution in [2.24, 2.45) is 5.92 Å². The summed E-state index contributed by atoms with van der Waals surface area (Å²) in [6.45, 7) is 3.92. The quantitative estimate of drug-likeness (QED) is 0.613. The lowest BCUT2D eigenvalue weighted by atomic mass is 9.98. The third kappa shape index (κ3) is 3.25. The van der Waals surface area contributed by atoms with Crippen molar-refractivity contribution in [3.8, 4) is 0 Å². The molecule has 0 amide bonds. The van der Waals surface area contributed by atoms with Gasteiger partial charge in [-0.2, -0.15) is 12.6 Å². The maximum Gasteiger partial charge on any atom is 0.149 e. The summed E-state index contributed by atoms with van der Waals surface area (Å²) in [4.78, 5) is 11.2. The van der Waals surface area contributed by atoms with E-state index < -0.39 is 0 Å². The smallest absolute Gasteiger partial charge is 0.149 e. The van der Waals surface area contributed by atoms with Gasteiger partial charge in [-0.3, -0.25) is 4.79 Å². The molecule has 1 N–H and O–H groups in total. The summed E-state index contributed by atoms with van der Waals surface area (Å²) in [7, 11) is 1.82. The Kier molecular flexibility index (Phi) is 5.60. The first-order valence-electron chi connectivity index (χ1n) is 3.98. The average molecular weight is 175 g/mol. The number of Topliss-reactive ketones (excluding diaryl/α,β-unsaturated/α-hetero) is 1. The fourth-order valence-electron chi connectivity index (χ4n) is 1.09. The van der Waals surface area contributed by atoms with Crippen molar-refractivity contribution in [3.63, 3.8) is 0 Å². The first-order chi connectivity index (χ1) is 5.17. The van der Waals surface area contributed by atoms with Gasteiger partial charge in [-0.05, 0) is 18.7 Å². The van der Waals surface area contributed by atoms with Gasteiger partial charge >= 0.3 is 0 Å². The normalized spacial score (nSPS) is 16.0. The molecule has 0 saturated carbocycles. The van der Waals surface area contributed by atoms with Crippen LogP contribution in [-0.2, 0) is 4.79 Å². The van der Waals surface area contributed by atoms with Gasteiger partial charge in [0.2, 0.25) is 0 Å². The van der Waals surface area contributed by atoms with Gasteiger partial charge in [0.15, 0.2) is 0 Å². The lowest BCUT2D eigenvalue weighted by Crippen LogP contribution is -2.40. The van der Waals surface area contributed by atoms with Crippen molar-refractivity contribution in [3.05, 3.63) is 0 Å². The van der Waals surface area contributed by atoms with Crippen molar-refractivity contribution >= 4 is 18.4 Å². The molecule has 3 heteroatoms. The molecular weight excluding hydrogens is 158 g/mol. The molecule has 0 aliphatic heterocycles. The number of rotatable bonds is 5. The third-order valence-electron chi connectivity index (χ3n) is 1.86. The summed E-state index contributed by atoms with van der Waals surface area (Å²) >= 11 is 4.15. The standard InChI is InChI=1S/C8H17NOS/c1-4-7(10)8(9-3)6(2)5-11/h6,8-9,11H,4-5H2,1-3H3. The highest BCUT2D eigenvalue weighted by atomic mass is 32.1. The van der Waals surface area contributed by atoms with Crippen molar-refractivity contribution in [2.45, 2.75) is 26.3 Å². The largest absolute Gasteiger partial charge is 0.310 e. The van der Waals surface area contributed by atoms with E-state index in [1.807, 2.05) is 20.9 Å². The van der Waals surface area contributed by atoms with Crippen LogP contribution in [-0.4, -0.2) is 24.6 Å². The monoisotopic (exact) mass is 175 g/mol. The number of carbonyl (C=O) groups excluding carboxylic acids is 1. The second-order valence-electron chi connectivity index (χ2n) is 2.75. The van der Waals surface area contributed by atoms with Gasteiger partial charge in [0.05, 0.1) is 6.04 Å². The highest BCUT2D eigenvalue weighted by Gasteiger charge is 2.19. The van der Waals surface area contributed by atoms with Crippen LogP contribution in [0.15, 0.2) is 0 Å². The summed E-state index contributed by atoms with van der Waals surface area (Å²) in [5.74, 6) is 1.34. The zero-order valence-corrected chi connectivity index (χ0v) is 8.32. The second-order valence-corrected chi connectivity index (χ2v) is 3.11. The van der Waals surface area contributed by atoms with Gasteiger partial charge in [-0.15, -0.1) is 0 Å². The van der Waals surface area contributed by atoms with Crippen LogP contribution in [0.4, 0.5) is 0 Å². The summed E-state index contributed by atoms with van der Waals surface area (Å²) < 4.78 is 0. The predicted octanol–water partition coefficient (Wildman–Crippen LogP) is 1.12. The van der Waals surface area contributed by atoms with Crippen molar-refractivity contribution in [1.29, 1.82) is 0 Å². The van der Waals surface area contributed by atoms with Crippen LogP contribution in [0.3, 0.4) is 0 Å². The maximum absolute atomic E-state index is 11.2. The number of carbonyl (C=O) groups is 1. The molecule has 66 valence electrons. The Balaban J connectivity index is 4.03. The average Bonchev–Trinajstić information content (AvgIpc) is 2.05. The molecule has 0 saturated heterocycles. The van der Waals surface area contributed by atoms with Gasteiger partial charge in [-0.25, -0.2) is 0 Å². The van der Waals surface area contributed by atoms with Crippen molar-refractivity contribution < 1.29 is 4.79 Å². The van der Waals surface area contributed by atoms with Crippen LogP contribution < -0.4 is 5.32 Å². The summed E-state index contributed by atoms with van der Waals surface area (Å²) in [6.07, 6.45) is 0.601. The van der Waals surface area contributed by atoms with Gasteiger partial charge < -0.3 is 5.32 Å². The Morgan fingerprint density at radius 3 is 2.45 bits per heavy atom. The van der Waals surface area contributed by atoms with Crippen LogP contribution in [0.2, 0.25) is 0 Å². The minimum atomic E-state index is -0.0162. The Labute approximate surface area is 74.2 Å². The minimum absolute atomic E-state index is 0.0162. The van der Waals surface area contributed by atoms with Gasteiger partial charge in [-0.1, -0.05) is 13.8 Å². The van der Waals surface area contributed by atoms with E-state index in [-0.39, 0.29) is 11.8 Å². The van der Waals surface area contributed by atoms with Crippen LogP contribution in [0.1, 0.15) is 20.3 Å². The molecule has 2 unspecified atom stereocenters. The molecule has 0 rings (SSSR count). The highest BCUT2D eigenvalue weighted by Crippen LogP contribution is 2.07. The number of likely N-dealkylation sites (N-methyl/N-ethyl adjacent to an activating group) is 1. The predicted molar refractivity (Wildman–Crippen MR) is 51.2 cm³/mol. The molecule has 0 heterocycles. The molecule has 0 radical (unpaired) electrons. The Hall–Kier alpha value is -0.0200. The topological polar surface area (TPSA) is 29.1 Å². The van der Waals surface area contributed by atoms with Crippen molar-refractivity contribution in [2.75, 3.05) is 12.8 Å². The molecule has 0 aromatic heterocycles. The number of hydrogen-bond donors (Lipinski definition) is 2. The van der Waals surface area contributed by atoms with Crippen LogP contribution in [0, 0.1) is 5.92 Å². The van der Waals surface area contributed by atoms with E-state index in [0.29, 0.717) is 12.3 Å². The number of nitrogens with one attached hydrogen (secondary N) is 1. The molecule has 2 atom stereocenters. The molecule has 0 aliphatic rings. The molecular formula is C8H17NOS. The molecule has 0 fully saturated rings. The summed E-state index contributed by atoms with van der Waals surface area (Å²) in [5, 5.41) is 3.00. The first-order valence-corrected chi connectivity index (χ1v) is 4.61. The van der Waals surface area contributed by atoms with E-state index >= 15 is 0 Å². The summed E-state index contributed by atoms with van der Waals surface area (Å²) in [6, 6.07) is -0.0162. The molecule has 0 aromatic carbocycles. The molecule has 11 heavy (non-hydrogen) atoms. The van der Waals surface area contributed by atoms with E-state index in [1.54, 1.807) is 0 Å². The zero-order chi connectivity index (χ0) is 8.85. The SMILES string of the molecule is CCC(=O)C(NC)C(C)CS. The van der Waals surface area contributed by atoms with Crippen LogP contribution in [0.5, 0.6) is 0 Å². The molecule has 0 aromatic rings. The van der Waals surface area contributed by atoms with E-state index in [0.717, 1.165) is 5.75 Å². The number of hydrogen-bond acceptors (Lipinski definition) is 3. The van der Waals surface area contributed by atoms with E-state index in [9.17, 15) is 4.79 Å². The lowest BCUT2D eigenvalue weighted by Gasteiger charge is -2.19. The minimum Gasteiger partial charge on any atom is -0.310 e. The van der Waals surface area contributed by atoms with E-state index in [4.69, 9.17) is 0 Å². The summed E-state index contributed by atoms with van der Waals surface area (Å²) in [5.41, 5.74) is 0. The highest BCUT2D eigenvalue weighted by molar-refractivity contribution is 7.80. The molecule has 2 nitrogen and oxygen atoms in total. The van der Waals surface area contributed by atoms with Gasteiger partial charge in [0.1, 0.15) is 5.78 Å². The fraction of sp³-hybridized carbons (Fsp3) is 0.875. The number of thiol groups is 1. The lowest BCUT2D eigenvalue weighted by molar-refractivity contribution is -0.121. The fourth-order valence-corrected chi connectivity index (χ4v) is 1.30. The Bertz CT molecular complexity index is 127. The Morgan fingerprint density at radius 1 is 1.64 bits per heavy atom. The van der Waals surface area contributed by atoms with E-state index in [1.165, 1.54) is 0 Å². The number of ketones is 1. The van der Waals surface area contributed by atoms with Gasteiger partial charge in [0.25, 0.3) is 0 Å². The molecule has 0 aliphatic carbocycles. The maximum atomic E-state index is 11.2. The first kappa shape index (κ1) is 11.0. The Morgan fingerprint density at radius 2 is 2.18 bits per heavy atom. The zero-order valence-electron chi connectivity index (χ0n) is 7.42. The van der Waals surface area contributed by atoms with Gasteiger partial charge in [0, 0.05) is 6.42 Å². The second kappa shape index (κ2) is 5.61. The van der Waals surface area contributed by atoms with Crippen LogP contribution in [0.25, 0.3) is 0 Å². The van der Waals surface area contributed by atoms with Crippen molar-refractivity contribution in [1.82, 2.24) is 5.32 Å². The third-order valence-corrected chi connectivity index (χ3v) is 2.44.